The van der Waals surface area contributed by atoms with E-state index in [0.717, 1.165) is 25.9 Å². The van der Waals surface area contributed by atoms with E-state index in [1.807, 2.05) is 0 Å². The van der Waals surface area contributed by atoms with Gasteiger partial charge in [-0.2, -0.15) is 0 Å². The van der Waals surface area contributed by atoms with Gasteiger partial charge in [-0.25, -0.2) is 0 Å². The molecule has 2 N–H and O–H groups in total. The Morgan fingerprint density at radius 1 is 1.44 bits per heavy atom. The molecule has 2 fully saturated rings. The van der Waals surface area contributed by atoms with Crippen LogP contribution in [-0.2, 0) is 4.79 Å². The van der Waals surface area contributed by atoms with E-state index in [4.69, 9.17) is 0 Å². The van der Waals surface area contributed by atoms with E-state index in [1.165, 1.54) is 32.1 Å². The zero-order valence-corrected chi connectivity index (χ0v) is 11.9. The van der Waals surface area contributed by atoms with Crippen LogP contribution in [0.25, 0.3) is 0 Å². The van der Waals surface area contributed by atoms with Crippen LogP contribution in [0, 0.1) is 11.3 Å². The average Bonchev–Trinajstić information content (AvgIpc) is 2.32. The quantitative estimate of drug-likeness (QED) is 0.789. The molecule has 0 aromatic rings. The van der Waals surface area contributed by atoms with Gasteiger partial charge in [0.25, 0.3) is 0 Å². The summed E-state index contributed by atoms with van der Waals surface area (Å²) in [6.45, 7) is 6.32. The highest BCUT2D eigenvalue weighted by atomic mass is 16.1. The van der Waals surface area contributed by atoms with Gasteiger partial charge in [0.1, 0.15) is 0 Å². The summed E-state index contributed by atoms with van der Waals surface area (Å²) in [5.74, 6) is 0.533. The molecule has 3 nitrogen and oxygen atoms in total. The summed E-state index contributed by atoms with van der Waals surface area (Å²) in [5, 5.41) is 6.64. The van der Waals surface area contributed by atoms with Crippen molar-refractivity contribution in [2.24, 2.45) is 11.3 Å². The van der Waals surface area contributed by atoms with Crippen LogP contribution in [-0.4, -0.2) is 25.0 Å². The number of nitrogens with one attached hydrogen (secondary N) is 2. The van der Waals surface area contributed by atoms with Crippen molar-refractivity contribution in [1.82, 2.24) is 10.6 Å². The van der Waals surface area contributed by atoms with Crippen LogP contribution in [0.1, 0.15) is 58.8 Å². The van der Waals surface area contributed by atoms with Gasteiger partial charge in [0.05, 0.1) is 0 Å². The lowest BCUT2D eigenvalue weighted by atomic mass is 9.66. The van der Waals surface area contributed by atoms with Crippen LogP contribution in [0.2, 0.25) is 0 Å². The van der Waals surface area contributed by atoms with Gasteiger partial charge in [-0.1, -0.05) is 19.8 Å². The SMILES string of the molecule is CCCC1(CNC(=O)[C@H]2CCN[C@@H](C)C2)CCC1. The first-order valence-electron chi connectivity index (χ1n) is 7.66. The molecule has 1 saturated heterocycles. The lowest BCUT2D eigenvalue weighted by molar-refractivity contribution is -0.127. The molecule has 1 saturated carbocycles. The number of piperidine rings is 1. The monoisotopic (exact) mass is 252 g/mol. The van der Waals surface area contributed by atoms with E-state index in [1.54, 1.807) is 0 Å². The third-order valence-electron chi connectivity index (χ3n) is 4.83. The Hall–Kier alpha value is -0.570. The summed E-state index contributed by atoms with van der Waals surface area (Å²) in [4.78, 5) is 12.2. The Balaban J connectivity index is 1.77. The predicted octanol–water partition coefficient (Wildman–Crippen LogP) is 2.46. The molecule has 0 spiro atoms. The number of rotatable bonds is 5. The third-order valence-corrected chi connectivity index (χ3v) is 4.83. The smallest absolute Gasteiger partial charge is 0.223 e. The zero-order valence-electron chi connectivity index (χ0n) is 11.9. The standard InChI is InChI=1S/C15H28N2O/c1-3-6-15(7-4-8-15)11-17-14(18)13-5-9-16-12(2)10-13/h12-13,16H,3-11H2,1-2H3,(H,17,18)/t12-,13-/m0/s1. The second-order valence-electron chi connectivity index (χ2n) is 6.40. The van der Waals surface area contributed by atoms with Crippen molar-refractivity contribution >= 4 is 5.91 Å². The lowest BCUT2D eigenvalue weighted by Crippen LogP contribution is -2.47. The van der Waals surface area contributed by atoms with Gasteiger partial charge in [0.2, 0.25) is 5.91 Å². The maximum Gasteiger partial charge on any atom is 0.223 e. The van der Waals surface area contributed by atoms with Crippen molar-refractivity contribution in [3.8, 4) is 0 Å². The number of amides is 1. The molecule has 0 bridgehead atoms. The minimum absolute atomic E-state index is 0.236. The van der Waals surface area contributed by atoms with Crippen molar-refractivity contribution in [1.29, 1.82) is 0 Å². The number of hydrogen-bond acceptors (Lipinski definition) is 2. The maximum atomic E-state index is 12.2. The molecule has 0 unspecified atom stereocenters. The first kappa shape index (κ1) is 13.9. The number of carbonyl (C=O) groups is 1. The van der Waals surface area contributed by atoms with Crippen molar-refractivity contribution < 1.29 is 4.79 Å². The molecule has 3 heteroatoms. The van der Waals surface area contributed by atoms with Gasteiger partial charge in [-0.15, -0.1) is 0 Å². The minimum Gasteiger partial charge on any atom is -0.355 e. The summed E-state index contributed by atoms with van der Waals surface area (Å²) >= 11 is 0. The van der Waals surface area contributed by atoms with Crippen LogP contribution in [0.4, 0.5) is 0 Å². The van der Waals surface area contributed by atoms with E-state index in [2.05, 4.69) is 24.5 Å². The fourth-order valence-corrected chi connectivity index (χ4v) is 3.51. The van der Waals surface area contributed by atoms with Crippen LogP contribution in [0.5, 0.6) is 0 Å². The second kappa shape index (κ2) is 6.05. The molecule has 2 rings (SSSR count). The summed E-state index contributed by atoms with van der Waals surface area (Å²) in [6, 6.07) is 0.489. The molecule has 2 atom stereocenters. The van der Waals surface area contributed by atoms with E-state index in [-0.39, 0.29) is 5.92 Å². The lowest BCUT2D eigenvalue weighted by Gasteiger charge is -2.42. The highest BCUT2D eigenvalue weighted by Gasteiger charge is 2.36. The van der Waals surface area contributed by atoms with Crippen molar-refractivity contribution in [3.63, 3.8) is 0 Å². The first-order chi connectivity index (χ1) is 8.65. The summed E-state index contributed by atoms with van der Waals surface area (Å²) in [7, 11) is 0. The molecule has 0 aromatic carbocycles. The van der Waals surface area contributed by atoms with Gasteiger partial charge in [-0.05, 0) is 51.0 Å². The van der Waals surface area contributed by atoms with E-state index < -0.39 is 0 Å². The fraction of sp³-hybridized carbons (Fsp3) is 0.933. The van der Waals surface area contributed by atoms with Gasteiger partial charge in [-0.3, -0.25) is 4.79 Å². The molecule has 0 aromatic heterocycles. The van der Waals surface area contributed by atoms with E-state index in [9.17, 15) is 4.79 Å². The number of hydrogen-bond donors (Lipinski definition) is 2. The second-order valence-corrected chi connectivity index (χ2v) is 6.40. The van der Waals surface area contributed by atoms with Crippen LogP contribution in [0.3, 0.4) is 0 Å². The Bertz CT molecular complexity index is 286. The summed E-state index contributed by atoms with van der Waals surface area (Å²) in [6.07, 6.45) is 8.47. The molecule has 1 heterocycles. The normalized spacial score (nSPS) is 30.6. The van der Waals surface area contributed by atoms with Crippen LogP contribution >= 0.6 is 0 Å². The molecule has 1 amide bonds. The van der Waals surface area contributed by atoms with Crippen LogP contribution < -0.4 is 10.6 Å². The van der Waals surface area contributed by atoms with Gasteiger partial charge in [0, 0.05) is 18.5 Å². The largest absolute Gasteiger partial charge is 0.355 e. The first-order valence-corrected chi connectivity index (χ1v) is 7.66. The van der Waals surface area contributed by atoms with Crippen molar-refractivity contribution in [2.45, 2.75) is 64.8 Å². The van der Waals surface area contributed by atoms with E-state index in [0.29, 0.717) is 17.4 Å². The van der Waals surface area contributed by atoms with Gasteiger partial charge >= 0.3 is 0 Å². The molecule has 2 aliphatic rings. The molecule has 1 aliphatic heterocycles. The Kier molecular flexibility index (Phi) is 4.66. The third kappa shape index (κ3) is 3.25. The van der Waals surface area contributed by atoms with E-state index >= 15 is 0 Å². The topological polar surface area (TPSA) is 41.1 Å². The van der Waals surface area contributed by atoms with Crippen molar-refractivity contribution in [2.75, 3.05) is 13.1 Å². The highest BCUT2D eigenvalue weighted by molar-refractivity contribution is 5.78. The molecular weight excluding hydrogens is 224 g/mol. The number of carbonyl (C=O) groups excluding carboxylic acids is 1. The summed E-state index contributed by atoms with van der Waals surface area (Å²) < 4.78 is 0. The minimum atomic E-state index is 0.236. The molecule has 0 radical (unpaired) electrons. The summed E-state index contributed by atoms with van der Waals surface area (Å²) in [5.41, 5.74) is 0.447. The van der Waals surface area contributed by atoms with Crippen LogP contribution in [0.15, 0.2) is 0 Å². The average molecular weight is 252 g/mol. The predicted molar refractivity (Wildman–Crippen MR) is 74.4 cm³/mol. The Labute approximate surface area is 111 Å². The zero-order chi connectivity index (χ0) is 13.0. The Morgan fingerprint density at radius 3 is 2.78 bits per heavy atom. The maximum absolute atomic E-state index is 12.2. The van der Waals surface area contributed by atoms with Gasteiger partial charge in [0.15, 0.2) is 0 Å². The molecular formula is C15H28N2O. The Morgan fingerprint density at radius 2 is 2.22 bits per heavy atom. The molecule has 104 valence electrons. The van der Waals surface area contributed by atoms with Crippen molar-refractivity contribution in [3.05, 3.63) is 0 Å². The molecule has 1 aliphatic carbocycles. The highest BCUT2D eigenvalue weighted by Crippen LogP contribution is 2.44. The van der Waals surface area contributed by atoms with Gasteiger partial charge < -0.3 is 10.6 Å². The fourth-order valence-electron chi connectivity index (χ4n) is 3.51. The molecule has 18 heavy (non-hydrogen) atoms.